The molecule has 8 atom stereocenters. The van der Waals surface area contributed by atoms with Crippen LogP contribution in [0.15, 0.2) is 12.2 Å². The van der Waals surface area contributed by atoms with E-state index in [1.165, 1.54) is 54.3 Å². The van der Waals surface area contributed by atoms with Crippen LogP contribution < -0.4 is 0 Å². The average molecular weight is 288 g/mol. The summed E-state index contributed by atoms with van der Waals surface area (Å²) in [6, 6.07) is 0. The maximum absolute atomic E-state index is 9.60. The molecule has 4 bridgehead atoms. The van der Waals surface area contributed by atoms with E-state index < -0.39 is 5.97 Å². The van der Waals surface area contributed by atoms with Crippen molar-refractivity contribution >= 4 is 5.97 Å². The van der Waals surface area contributed by atoms with Crippen LogP contribution in [0.3, 0.4) is 0 Å². The van der Waals surface area contributed by atoms with E-state index in [0.29, 0.717) is 0 Å². The number of aliphatic carboxylic acids is 1. The van der Waals surface area contributed by atoms with Gasteiger partial charge in [-0.25, -0.2) is 4.79 Å². The quantitative estimate of drug-likeness (QED) is 0.575. The van der Waals surface area contributed by atoms with Crippen molar-refractivity contribution in [3.63, 3.8) is 0 Å². The molecular formula is C19H28O2. The van der Waals surface area contributed by atoms with Gasteiger partial charge in [0.05, 0.1) is 0 Å². The zero-order valence-corrected chi connectivity index (χ0v) is 13.1. The minimum atomic E-state index is -0.935. The number of fused-ring (bicyclic) bond motifs is 12. The highest BCUT2D eigenvalue weighted by molar-refractivity contribution is 5.84. The molecule has 2 heteroatoms. The summed E-state index contributed by atoms with van der Waals surface area (Å²) in [4.78, 5) is 9.60. The van der Waals surface area contributed by atoms with E-state index >= 15 is 0 Å². The number of carboxylic acid groups (broad SMARTS) is 1. The molecule has 0 amide bonds. The van der Waals surface area contributed by atoms with Gasteiger partial charge in [0.25, 0.3) is 0 Å². The third kappa shape index (κ3) is 1.94. The van der Waals surface area contributed by atoms with Crippen LogP contribution in [0.2, 0.25) is 0 Å². The average Bonchev–Trinajstić information content (AvgIpc) is 3.21. The number of hydrogen-bond acceptors (Lipinski definition) is 1. The first-order valence-electron chi connectivity index (χ1n) is 8.96. The van der Waals surface area contributed by atoms with E-state index in [1.807, 2.05) is 0 Å². The van der Waals surface area contributed by atoms with Crippen LogP contribution in [-0.2, 0) is 4.79 Å². The van der Waals surface area contributed by atoms with Crippen LogP contribution >= 0.6 is 0 Å². The Morgan fingerprint density at radius 1 is 0.905 bits per heavy atom. The molecule has 0 aromatic rings. The molecule has 0 aliphatic heterocycles. The fraction of sp³-hybridized carbons (Fsp3) is 0.842. The van der Waals surface area contributed by atoms with Crippen molar-refractivity contribution in [1.29, 1.82) is 0 Å². The molecule has 0 aromatic carbocycles. The molecule has 5 aliphatic carbocycles. The molecular weight excluding hydrogens is 260 g/mol. The molecule has 5 saturated carbocycles. The Bertz CT molecular complexity index is 428. The largest absolute Gasteiger partial charge is 0.478 e. The van der Waals surface area contributed by atoms with Crippen molar-refractivity contribution < 1.29 is 9.90 Å². The normalized spacial score (nSPS) is 51.3. The van der Waals surface area contributed by atoms with Gasteiger partial charge >= 0.3 is 5.97 Å². The third-order valence-corrected chi connectivity index (χ3v) is 7.67. The van der Waals surface area contributed by atoms with Crippen LogP contribution in [-0.4, -0.2) is 11.1 Å². The van der Waals surface area contributed by atoms with Gasteiger partial charge in [0, 0.05) is 5.57 Å². The molecule has 5 aliphatic rings. The summed E-state index contributed by atoms with van der Waals surface area (Å²) in [6.07, 6.45) is 11.4. The summed E-state index contributed by atoms with van der Waals surface area (Å²) in [7, 11) is 0. The van der Waals surface area contributed by atoms with Crippen molar-refractivity contribution in [3.8, 4) is 0 Å². The Morgan fingerprint density at radius 3 is 1.81 bits per heavy atom. The van der Waals surface area contributed by atoms with Gasteiger partial charge in [-0.2, -0.15) is 0 Å². The summed E-state index contributed by atoms with van der Waals surface area (Å²) in [5, 5.41) is 7.89. The second-order valence-electron chi connectivity index (χ2n) is 8.40. The molecule has 116 valence electrons. The van der Waals surface area contributed by atoms with Gasteiger partial charge in [0.1, 0.15) is 0 Å². The first kappa shape index (κ1) is 13.8. The second-order valence-corrected chi connectivity index (χ2v) is 8.40. The monoisotopic (exact) mass is 288 g/mol. The Labute approximate surface area is 128 Å². The minimum Gasteiger partial charge on any atom is -0.478 e. The maximum atomic E-state index is 9.60. The van der Waals surface area contributed by atoms with Crippen LogP contribution in [0.1, 0.15) is 51.9 Å². The first-order valence-corrected chi connectivity index (χ1v) is 8.96. The van der Waals surface area contributed by atoms with Gasteiger partial charge in [-0.15, -0.1) is 0 Å². The van der Waals surface area contributed by atoms with E-state index in [0.717, 1.165) is 0 Å². The lowest BCUT2D eigenvalue weighted by atomic mass is 9.64. The predicted octanol–water partition coefficient (Wildman–Crippen LogP) is 4.36. The number of rotatable bonds is 1. The summed E-state index contributed by atoms with van der Waals surface area (Å²) in [6.45, 7) is 4.60. The molecule has 8 unspecified atom stereocenters. The first-order chi connectivity index (χ1) is 10.1. The SMILES string of the molecule is C1CC2C(C1)C1CC2C2C3CCC(C3)C12.C=C(C)C(=O)O. The Hall–Kier alpha value is -0.790. The Balaban J connectivity index is 0.000000168. The van der Waals surface area contributed by atoms with Gasteiger partial charge in [-0.1, -0.05) is 13.0 Å². The minimum absolute atomic E-state index is 0.176. The highest BCUT2D eigenvalue weighted by Gasteiger charge is 2.65. The Morgan fingerprint density at radius 2 is 1.38 bits per heavy atom. The second kappa shape index (κ2) is 4.86. The van der Waals surface area contributed by atoms with Crippen molar-refractivity contribution in [2.75, 3.05) is 0 Å². The van der Waals surface area contributed by atoms with E-state index in [1.54, 1.807) is 44.9 Å². The molecule has 0 heterocycles. The van der Waals surface area contributed by atoms with Crippen molar-refractivity contribution in [1.82, 2.24) is 0 Å². The van der Waals surface area contributed by atoms with Crippen molar-refractivity contribution in [2.45, 2.75) is 51.9 Å². The zero-order valence-electron chi connectivity index (χ0n) is 13.1. The number of carboxylic acids is 1. The van der Waals surface area contributed by atoms with Crippen molar-refractivity contribution in [3.05, 3.63) is 12.2 Å². The molecule has 0 aromatic heterocycles. The molecule has 0 radical (unpaired) electrons. The summed E-state index contributed by atoms with van der Waals surface area (Å²) >= 11 is 0. The Kier molecular flexibility index (Phi) is 3.20. The van der Waals surface area contributed by atoms with Gasteiger partial charge < -0.3 is 5.11 Å². The third-order valence-electron chi connectivity index (χ3n) is 7.67. The molecule has 2 nitrogen and oxygen atoms in total. The van der Waals surface area contributed by atoms with Crippen LogP contribution in [0.25, 0.3) is 0 Å². The highest BCUT2D eigenvalue weighted by atomic mass is 16.4. The van der Waals surface area contributed by atoms with Gasteiger partial charge in [0.2, 0.25) is 0 Å². The summed E-state index contributed by atoms with van der Waals surface area (Å²) < 4.78 is 0. The van der Waals surface area contributed by atoms with Crippen LogP contribution in [0.5, 0.6) is 0 Å². The van der Waals surface area contributed by atoms with Gasteiger partial charge in [-0.05, 0) is 92.8 Å². The lowest BCUT2D eigenvalue weighted by Crippen LogP contribution is -2.35. The fourth-order valence-corrected chi connectivity index (χ4v) is 7.28. The van der Waals surface area contributed by atoms with Crippen LogP contribution in [0.4, 0.5) is 0 Å². The van der Waals surface area contributed by atoms with Gasteiger partial charge in [-0.3, -0.25) is 0 Å². The highest BCUT2D eigenvalue weighted by Crippen LogP contribution is 2.72. The summed E-state index contributed by atoms with van der Waals surface area (Å²) in [5.74, 6) is 8.85. The molecule has 0 saturated heterocycles. The summed E-state index contributed by atoms with van der Waals surface area (Å²) in [5.41, 5.74) is 0.176. The molecule has 1 N–H and O–H groups in total. The fourth-order valence-electron chi connectivity index (χ4n) is 7.28. The van der Waals surface area contributed by atoms with E-state index in [4.69, 9.17) is 5.11 Å². The van der Waals surface area contributed by atoms with Crippen molar-refractivity contribution in [2.24, 2.45) is 47.3 Å². The lowest BCUT2D eigenvalue weighted by molar-refractivity contribution is -0.132. The lowest BCUT2D eigenvalue weighted by Gasteiger charge is -2.40. The molecule has 0 spiro atoms. The standard InChI is InChI=1S/C15H22.C4H6O2/c1-2-10-11(3-1)13-7-12(10)14-8-4-5-9(6-8)15(13)14;1-3(2)4(5)6/h8-15H,1-7H2;1H2,2H3,(H,5,6). The van der Waals surface area contributed by atoms with Crippen LogP contribution in [0, 0.1) is 47.3 Å². The smallest absolute Gasteiger partial charge is 0.330 e. The topological polar surface area (TPSA) is 37.3 Å². The molecule has 5 fully saturated rings. The molecule has 5 rings (SSSR count). The van der Waals surface area contributed by atoms with E-state index in [-0.39, 0.29) is 5.57 Å². The zero-order chi connectivity index (χ0) is 14.7. The number of carbonyl (C=O) groups is 1. The predicted molar refractivity (Wildman–Crippen MR) is 82.7 cm³/mol. The van der Waals surface area contributed by atoms with E-state index in [2.05, 4.69) is 6.58 Å². The van der Waals surface area contributed by atoms with Gasteiger partial charge in [0.15, 0.2) is 0 Å². The molecule has 21 heavy (non-hydrogen) atoms. The maximum Gasteiger partial charge on any atom is 0.330 e. The van der Waals surface area contributed by atoms with E-state index in [9.17, 15) is 4.79 Å². The number of hydrogen-bond donors (Lipinski definition) is 1.